The lowest BCUT2D eigenvalue weighted by atomic mass is 10.2. The molecule has 2 aromatic rings. The number of anilines is 2. The van der Waals surface area contributed by atoms with E-state index in [9.17, 15) is 9.59 Å². The summed E-state index contributed by atoms with van der Waals surface area (Å²) in [6, 6.07) is 7.08. The van der Waals surface area contributed by atoms with Gasteiger partial charge in [-0.1, -0.05) is 19.1 Å². The minimum atomic E-state index is -0.330. The highest BCUT2D eigenvalue weighted by Crippen LogP contribution is 2.13. The Morgan fingerprint density at radius 2 is 2.00 bits per heavy atom. The fourth-order valence-electron chi connectivity index (χ4n) is 2.21. The number of hydrogen-bond donors (Lipinski definition) is 2. The zero-order chi connectivity index (χ0) is 17.5. The first-order valence-corrected chi connectivity index (χ1v) is 7.89. The highest BCUT2D eigenvalue weighted by molar-refractivity contribution is 5.99. The standard InChI is InChI=1S/C17H23N5O2/c1-4-8-22-12-16(10-18-22)20-17(24)19-15-7-5-6-14(9-15)11-21(3)13(2)23/h5-7,9-10,12H,4,8,11H2,1-3H3,(H2,19,20,24). The van der Waals surface area contributed by atoms with E-state index in [1.807, 2.05) is 18.2 Å². The molecule has 0 fully saturated rings. The lowest BCUT2D eigenvalue weighted by Gasteiger charge is -2.15. The number of carbonyl (C=O) groups is 2. The fraction of sp³-hybridized carbons (Fsp3) is 0.353. The highest BCUT2D eigenvalue weighted by atomic mass is 16.2. The molecule has 24 heavy (non-hydrogen) atoms. The van der Waals surface area contributed by atoms with Gasteiger partial charge in [0.2, 0.25) is 5.91 Å². The third-order valence-corrected chi connectivity index (χ3v) is 3.49. The lowest BCUT2D eigenvalue weighted by molar-refractivity contribution is -0.128. The molecule has 0 aliphatic carbocycles. The molecule has 0 aliphatic rings. The average molecular weight is 329 g/mol. The number of hydrogen-bond acceptors (Lipinski definition) is 3. The number of aromatic nitrogens is 2. The predicted octanol–water partition coefficient (Wildman–Crippen LogP) is 2.92. The summed E-state index contributed by atoms with van der Waals surface area (Å²) in [5.74, 6) is -0.00445. The van der Waals surface area contributed by atoms with E-state index in [4.69, 9.17) is 0 Å². The van der Waals surface area contributed by atoms with E-state index in [2.05, 4.69) is 22.7 Å². The molecule has 0 saturated heterocycles. The Kier molecular flexibility index (Phi) is 5.95. The Labute approximate surface area is 141 Å². The van der Waals surface area contributed by atoms with Crippen molar-refractivity contribution in [3.05, 3.63) is 42.2 Å². The number of nitrogens with one attached hydrogen (secondary N) is 2. The summed E-state index contributed by atoms with van der Waals surface area (Å²) in [5, 5.41) is 9.70. The molecule has 2 rings (SSSR count). The largest absolute Gasteiger partial charge is 0.342 e. The van der Waals surface area contributed by atoms with E-state index >= 15 is 0 Å². The summed E-state index contributed by atoms with van der Waals surface area (Å²) in [4.78, 5) is 25.0. The van der Waals surface area contributed by atoms with Gasteiger partial charge in [0.05, 0.1) is 11.9 Å². The van der Waals surface area contributed by atoms with Crippen molar-refractivity contribution in [3.63, 3.8) is 0 Å². The van der Waals surface area contributed by atoms with Gasteiger partial charge in [-0.2, -0.15) is 5.10 Å². The summed E-state index contributed by atoms with van der Waals surface area (Å²) in [6.07, 6.45) is 4.39. The number of aryl methyl sites for hydroxylation is 1. The van der Waals surface area contributed by atoms with Crippen molar-refractivity contribution in [3.8, 4) is 0 Å². The van der Waals surface area contributed by atoms with Crippen LogP contribution < -0.4 is 10.6 Å². The van der Waals surface area contributed by atoms with Crippen LogP contribution in [0, 0.1) is 0 Å². The van der Waals surface area contributed by atoms with Gasteiger partial charge >= 0.3 is 6.03 Å². The van der Waals surface area contributed by atoms with Gasteiger partial charge in [0.25, 0.3) is 0 Å². The molecule has 0 atom stereocenters. The van der Waals surface area contributed by atoms with E-state index in [0.29, 0.717) is 17.9 Å². The van der Waals surface area contributed by atoms with Gasteiger partial charge in [-0.25, -0.2) is 4.79 Å². The molecule has 3 amide bonds. The number of rotatable bonds is 6. The van der Waals surface area contributed by atoms with E-state index in [1.54, 1.807) is 35.1 Å². The molecule has 2 N–H and O–H groups in total. The molecular formula is C17H23N5O2. The Bertz CT molecular complexity index is 711. The molecule has 0 spiro atoms. The Balaban J connectivity index is 1.94. The maximum absolute atomic E-state index is 12.1. The molecule has 0 radical (unpaired) electrons. The number of carbonyl (C=O) groups excluding carboxylic acids is 2. The van der Waals surface area contributed by atoms with Crippen molar-refractivity contribution >= 4 is 23.3 Å². The molecule has 0 unspecified atom stereocenters. The molecule has 0 aliphatic heterocycles. The number of nitrogens with zero attached hydrogens (tertiary/aromatic N) is 3. The second-order valence-electron chi connectivity index (χ2n) is 5.65. The number of amides is 3. The Morgan fingerprint density at radius 1 is 1.25 bits per heavy atom. The molecule has 7 nitrogen and oxygen atoms in total. The van der Waals surface area contributed by atoms with Crippen LogP contribution in [-0.2, 0) is 17.9 Å². The van der Waals surface area contributed by atoms with Gasteiger partial charge in [0.1, 0.15) is 0 Å². The lowest BCUT2D eigenvalue weighted by Crippen LogP contribution is -2.23. The molecule has 7 heteroatoms. The second-order valence-corrected chi connectivity index (χ2v) is 5.65. The van der Waals surface area contributed by atoms with Crippen molar-refractivity contribution in [1.29, 1.82) is 0 Å². The van der Waals surface area contributed by atoms with Crippen LogP contribution >= 0.6 is 0 Å². The van der Waals surface area contributed by atoms with Crippen LogP contribution in [0.15, 0.2) is 36.7 Å². The van der Waals surface area contributed by atoms with E-state index in [0.717, 1.165) is 18.5 Å². The molecular weight excluding hydrogens is 306 g/mol. The SMILES string of the molecule is CCCn1cc(NC(=O)Nc2cccc(CN(C)C(C)=O)c2)cn1. The van der Waals surface area contributed by atoms with Crippen LogP contribution in [0.5, 0.6) is 0 Å². The van der Waals surface area contributed by atoms with Gasteiger partial charge in [-0.15, -0.1) is 0 Å². The number of urea groups is 1. The first-order valence-electron chi connectivity index (χ1n) is 7.89. The minimum Gasteiger partial charge on any atom is -0.342 e. The summed E-state index contributed by atoms with van der Waals surface area (Å²) in [6.45, 7) is 4.90. The number of benzene rings is 1. The normalized spacial score (nSPS) is 10.3. The van der Waals surface area contributed by atoms with Crippen LogP contribution in [-0.4, -0.2) is 33.7 Å². The maximum atomic E-state index is 12.1. The Morgan fingerprint density at radius 3 is 2.71 bits per heavy atom. The van der Waals surface area contributed by atoms with Crippen LogP contribution in [0.4, 0.5) is 16.2 Å². The molecule has 128 valence electrons. The molecule has 0 saturated carbocycles. The topological polar surface area (TPSA) is 79.3 Å². The first kappa shape index (κ1) is 17.5. The van der Waals surface area contributed by atoms with Gasteiger partial charge in [-0.05, 0) is 24.1 Å². The Hall–Kier alpha value is -2.83. The summed E-state index contributed by atoms with van der Waals surface area (Å²) in [5.41, 5.74) is 2.26. The molecule has 1 heterocycles. The third kappa shape index (κ3) is 5.12. The van der Waals surface area contributed by atoms with Crippen LogP contribution in [0.2, 0.25) is 0 Å². The summed E-state index contributed by atoms with van der Waals surface area (Å²) >= 11 is 0. The zero-order valence-electron chi connectivity index (χ0n) is 14.2. The maximum Gasteiger partial charge on any atom is 0.323 e. The first-order chi connectivity index (χ1) is 11.5. The van der Waals surface area contributed by atoms with Gasteiger partial charge in [0, 0.05) is 38.9 Å². The monoisotopic (exact) mass is 329 g/mol. The summed E-state index contributed by atoms with van der Waals surface area (Å²) in [7, 11) is 1.74. The van der Waals surface area contributed by atoms with Crippen LogP contribution in [0.25, 0.3) is 0 Å². The molecule has 0 bridgehead atoms. The molecule has 1 aromatic carbocycles. The second kappa shape index (κ2) is 8.14. The van der Waals surface area contributed by atoms with Crippen molar-refractivity contribution in [2.75, 3.05) is 17.7 Å². The smallest absolute Gasteiger partial charge is 0.323 e. The van der Waals surface area contributed by atoms with Gasteiger partial charge in [-0.3, -0.25) is 9.48 Å². The van der Waals surface area contributed by atoms with Crippen molar-refractivity contribution in [2.45, 2.75) is 33.4 Å². The third-order valence-electron chi connectivity index (χ3n) is 3.49. The highest BCUT2D eigenvalue weighted by Gasteiger charge is 2.07. The van der Waals surface area contributed by atoms with Crippen LogP contribution in [0.1, 0.15) is 25.8 Å². The molecule has 1 aromatic heterocycles. The quantitative estimate of drug-likeness (QED) is 0.855. The van der Waals surface area contributed by atoms with E-state index < -0.39 is 0 Å². The fourth-order valence-corrected chi connectivity index (χ4v) is 2.21. The van der Waals surface area contributed by atoms with Crippen LogP contribution in [0.3, 0.4) is 0 Å². The predicted molar refractivity (Wildman–Crippen MR) is 93.7 cm³/mol. The van der Waals surface area contributed by atoms with Crippen molar-refractivity contribution in [2.24, 2.45) is 0 Å². The van der Waals surface area contributed by atoms with Gasteiger partial charge in [0.15, 0.2) is 0 Å². The summed E-state index contributed by atoms with van der Waals surface area (Å²) < 4.78 is 1.79. The zero-order valence-corrected chi connectivity index (χ0v) is 14.2. The van der Waals surface area contributed by atoms with Gasteiger partial charge < -0.3 is 15.5 Å². The van der Waals surface area contributed by atoms with Crippen molar-refractivity contribution < 1.29 is 9.59 Å². The minimum absolute atomic E-state index is 0.00445. The van der Waals surface area contributed by atoms with E-state index in [1.165, 1.54) is 6.92 Å². The van der Waals surface area contributed by atoms with Crippen molar-refractivity contribution in [1.82, 2.24) is 14.7 Å². The average Bonchev–Trinajstić information content (AvgIpc) is 2.94. The van der Waals surface area contributed by atoms with E-state index in [-0.39, 0.29) is 11.9 Å².